The van der Waals surface area contributed by atoms with Gasteiger partial charge in [-0.25, -0.2) is 4.79 Å². The molecule has 40 heavy (non-hydrogen) atoms. The van der Waals surface area contributed by atoms with Gasteiger partial charge in [0.2, 0.25) is 0 Å². The summed E-state index contributed by atoms with van der Waals surface area (Å²) < 4.78 is 68.4. The second kappa shape index (κ2) is 17.7. The van der Waals surface area contributed by atoms with E-state index in [4.69, 9.17) is 13.8 Å². The summed E-state index contributed by atoms with van der Waals surface area (Å²) in [6, 6.07) is -0.219. The van der Waals surface area contributed by atoms with Crippen molar-refractivity contribution in [2.45, 2.75) is 89.4 Å². The van der Waals surface area contributed by atoms with E-state index in [1.54, 1.807) is 6.92 Å². The third-order valence-electron chi connectivity index (χ3n) is 7.27. The number of aliphatic hydroxyl groups is 2. The molecule has 0 aliphatic carbocycles. The van der Waals surface area contributed by atoms with Gasteiger partial charge in [0.05, 0.1) is 38.9 Å². The van der Waals surface area contributed by atoms with Crippen molar-refractivity contribution in [2.75, 3.05) is 57.9 Å². The summed E-state index contributed by atoms with van der Waals surface area (Å²) in [5, 5.41) is 20.5. The zero-order chi connectivity index (χ0) is 30.4. The standard InChI is InChI=1S/C26H50N2O10S2/c1-22(2)26(31)38-16-12-10-8-6-4-5-7-9-11-13-27-14-15-28(3,19-25(30)21-40(35,36)37)18-23(27)17-24(29)20-39(32,33)34/h23-25,29-30H,1,4-21H2,2-3H3,(H-,32,33,34,35,36,37)/p+1. The smallest absolute Gasteiger partial charge is 0.333 e. The van der Waals surface area contributed by atoms with Gasteiger partial charge in [0.15, 0.2) is 0 Å². The second-order valence-corrected chi connectivity index (χ2v) is 14.5. The second-order valence-electron chi connectivity index (χ2n) is 11.5. The molecule has 4 unspecified atom stereocenters. The van der Waals surface area contributed by atoms with Crippen LogP contribution in [0.3, 0.4) is 0 Å². The van der Waals surface area contributed by atoms with Gasteiger partial charge in [-0.15, -0.1) is 0 Å². The molecule has 236 valence electrons. The summed E-state index contributed by atoms with van der Waals surface area (Å²) in [5.74, 6) is -1.86. The molecule has 0 aromatic heterocycles. The maximum Gasteiger partial charge on any atom is 0.333 e. The van der Waals surface area contributed by atoms with Crippen LogP contribution >= 0.6 is 0 Å². The molecule has 14 heteroatoms. The monoisotopic (exact) mass is 615 g/mol. The van der Waals surface area contributed by atoms with Crippen molar-refractivity contribution in [3.63, 3.8) is 0 Å². The van der Waals surface area contributed by atoms with Gasteiger partial charge < -0.3 is 19.4 Å². The Hall–Kier alpha value is -1.13. The van der Waals surface area contributed by atoms with Crippen molar-refractivity contribution in [2.24, 2.45) is 0 Å². The number of nitrogens with zero attached hydrogens (tertiary/aromatic N) is 2. The summed E-state index contributed by atoms with van der Waals surface area (Å²) in [5.41, 5.74) is 0.414. The lowest BCUT2D eigenvalue weighted by Gasteiger charge is -2.47. The van der Waals surface area contributed by atoms with Crippen LogP contribution in [0.2, 0.25) is 0 Å². The van der Waals surface area contributed by atoms with E-state index in [1.165, 1.54) is 0 Å². The first-order valence-corrected chi connectivity index (χ1v) is 17.4. The van der Waals surface area contributed by atoms with Gasteiger partial charge in [0.1, 0.15) is 24.2 Å². The van der Waals surface area contributed by atoms with Crippen LogP contribution in [-0.4, -0.2) is 128 Å². The molecule has 1 rings (SSSR count). The van der Waals surface area contributed by atoms with Crippen LogP contribution < -0.4 is 0 Å². The molecule has 0 aromatic rings. The van der Waals surface area contributed by atoms with E-state index in [1.807, 2.05) is 7.05 Å². The Labute approximate surface area is 240 Å². The lowest BCUT2D eigenvalue weighted by atomic mass is 10.0. The van der Waals surface area contributed by atoms with E-state index >= 15 is 0 Å². The van der Waals surface area contributed by atoms with Gasteiger partial charge in [-0.1, -0.05) is 51.5 Å². The zero-order valence-electron chi connectivity index (χ0n) is 24.1. The van der Waals surface area contributed by atoms with Crippen molar-refractivity contribution >= 4 is 26.2 Å². The fourth-order valence-electron chi connectivity index (χ4n) is 5.32. The Morgan fingerprint density at radius 1 is 0.925 bits per heavy atom. The molecule has 12 nitrogen and oxygen atoms in total. The first kappa shape index (κ1) is 36.9. The van der Waals surface area contributed by atoms with Crippen molar-refractivity contribution in [3.8, 4) is 0 Å². The average Bonchev–Trinajstić information content (AvgIpc) is 2.77. The molecule has 1 aliphatic heterocycles. The highest BCUT2D eigenvalue weighted by Crippen LogP contribution is 2.22. The van der Waals surface area contributed by atoms with E-state index in [0.717, 1.165) is 64.3 Å². The van der Waals surface area contributed by atoms with Crippen LogP contribution in [0.1, 0.15) is 71.1 Å². The first-order valence-electron chi connectivity index (χ1n) is 14.2. The molecular weight excluding hydrogens is 564 g/mol. The predicted molar refractivity (Wildman–Crippen MR) is 153 cm³/mol. The number of piperazine rings is 1. The third kappa shape index (κ3) is 17.6. The van der Waals surface area contributed by atoms with Crippen molar-refractivity contribution < 1.29 is 50.2 Å². The number of quaternary nitrogens is 1. The number of hydrogen-bond acceptors (Lipinski definition) is 9. The summed E-state index contributed by atoms with van der Waals surface area (Å²) >= 11 is 0. The zero-order valence-corrected chi connectivity index (χ0v) is 25.7. The van der Waals surface area contributed by atoms with Crippen molar-refractivity contribution in [3.05, 3.63) is 12.2 Å². The molecule has 1 saturated heterocycles. The van der Waals surface area contributed by atoms with E-state index < -0.39 is 43.9 Å². The molecule has 1 heterocycles. The maximum absolute atomic E-state index is 11.3. The van der Waals surface area contributed by atoms with Crippen LogP contribution in [0, 0.1) is 0 Å². The van der Waals surface area contributed by atoms with E-state index in [9.17, 15) is 31.8 Å². The van der Waals surface area contributed by atoms with Crippen LogP contribution in [0.5, 0.6) is 0 Å². The number of ether oxygens (including phenoxy) is 1. The third-order valence-corrected chi connectivity index (χ3v) is 8.88. The van der Waals surface area contributed by atoms with Gasteiger partial charge in [0.25, 0.3) is 20.2 Å². The topological polar surface area (TPSA) is 179 Å². The molecule has 1 aliphatic rings. The highest BCUT2D eigenvalue weighted by molar-refractivity contribution is 7.86. The molecule has 4 atom stereocenters. The average molecular weight is 616 g/mol. The fraction of sp³-hybridized carbons (Fsp3) is 0.885. The number of carbonyl (C=O) groups excluding carboxylic acids is 1. The molecule has 0 radical (unpaired) electrons. The minimum atomic E-state index is -4.34. The SMILES string of the molecule is C=C(C)C(=O)OCCCCCCCCCCCN1CC[N+](C)(CC(O)CS(=O)(=O)O)CC1CC(O)CS(=O)(=O)O. The number of likely N-dealkylation sites (N-methyl/N-ethyl adjacent to an activating group) is 1. The maximum atomic E-state index is 11.3. The lowest BCUT2D eigenvalue weighted by molar-refractivity contribution is -0.919. The van der Waals surface area contributed by atoms with Gasteiger partial charge in [0, 0.05) is 12.1 Å². The summed E-state index contributed by atoms with van der Waals surface area (Å²) in [6.45, 7) is 8.18. The molecule has 0 aromatic carbocycles. The Bertz CT molecular complexity index is 989. The number of rotatable bonds is 21. The lowest BCUT2D eigenvalue weighted by Crippen LogP contribution is -2.64. The highest BCUT2D eigenvalue weighted by Gasteiger charge is 2.39. The first-order chi connectivity index (χ1) is 18.5. The molecular formula is C26H51N2O10S2+. The normalized spacial score (nSPS) is 22.1. The molecule has 0 amide bonds. The number of hydrogen-bond donors (Lipinski definition) is 4. The van der Waals surface area contributed by atoms with Gasteiger partial charge in [-0.05, 0) is 32.7 Å². The summed E-state index contributed by atoms with van der Waals surface area (Å²) in [6.07, 6.45) is 7.05. The molecule has 4 N–H and O–H groups in total. The molecule has 1 fully saturated rings. The van der Waals surface area contributed by atoms with Crippen molar-refractivity contribution in [1.82, 2.24) is 4.90 Å². The largest absolute Gasteiger partial charge is 0.462 e. The minimum Gasteiger partial charge on any atom is -0.462 e. The number of aliphatic hydroxyl groups excluding tert-OH is 2. The van der Waals surface area contributed by atoms with Crippen LogP contribution in [0.25, 0.3) is 0 Å². The fourth-order valence-corrected chi connectivity index (χ4v) is 6.54. The molecule has 0 spiro atoms. The predicted octanol–water partition coefficient (Wildman–Crippen LogP) is 1.63. The van der Waals surface area contributed by atoms with Gasteiger partial charge in [-0.3, -0.25) is 14.0 Å². The molecule has 0 bridgehead atoms. The van der Waals surface area contributed by atoms with Crippen LogP contribution in [0.15, 0.2) is 12.2 Å². The Morgan fingerprint density at radius 3 is 1.95 bits per heavy atom. The van der Waals surface area contributed by atoms with Gasteiger partial charge in [-0.2, -0.15) is 16.8 Å². The minimum absolute atomic E-state index is 0.0954. The summed E-state index contributed by atoms with van der Waals surface area (Å²) in [4.78, 5) is 13.5. The van der Waals surface area contributed by atoms with Crippen molar-refractivity contribution in [1.29, 1.82) is 0 Å². The quantitative estimate of drug-likeness (QED) is 0.0485. The number of carbonyl (C=O) groups is 1. The Morgan fingerprint density at radius 2 is 1.43 bits per heavy atom. The highest BCUT2D eigenvalue weighted by atomic mass is 32.2. The van der Waals surface area contributed by atoms with Crippen LogP contribution in [-0.2, 0) is 29.8 Å². The van der Waals surface area contributed by atoms with E-state index in [0.29, 0.717) is 36.3 Å². The Kier molecular flexibility index (Phi) is 16.4. The Balaban J connectivity index is 2.43. The number of unbranched alkanes of at least 4 members (excludes halogenated alkanes) is 8. The molecule has 0 saturated carbocycles. The van der Waals surface area contributed by atoms with E-state index in [2.05, 4.69) is 11.5 Å². The van der Waals surface area contributed by atoms with Gasteiger partial charge >= 0.3 is 5.97 Å². The van der Waals surface area contributed by atoms with Crippen LogP contribution in [0.4, 0.5) is 0 Å². The summed E-state index contributed by atoms with van der Waals surface area (Å²) in [7, 11) is -6.80. The number of esters is 1. The van der Waals surface area contributed by atoms with E-state index in [-0.39, 0.29) is 25.0 Å².